The van der Waals surface area contributed by atoms with Gasteiger partial charge in [0.25, 0.3) is 11.7 Å². The van der Waals surface area contributed by atoms with E-state index in [1.54, 1.807) is 37.6 Å². The molecule has 24 heavy (non-hydrogen) atoms. The van der Waals surface area contributed by atoms with Crippen LogP contribution in [0.5, 0.6) is 5.75 Å². The van der Waals surface area contributed by atoms with E-state index in [0.29, 0.717) is 22.4 Å². The molecule has 0 saturated heterocycles. The van der Waals surface area contributed by atoms with Crippen molar-refractivity contribution in [1.29, 1.82) is 0 Å². The lowest BCUT2D eigenvalue weighted by molar-refractivity contribution is -0.112. The molecule has 1 aromatic heterocycles. The van der Waals surface area contributed by atoms with Crippen LogP contribution < -0.4 is 10.1 Å². The van der Waals surface area contributed by atoms with E-state index < -0.39 is 11.7 Å². The first-order valence-electron chi connectivity index (χ1n) is 7.72. The number of anilines is 1. The fourth-order valence-electron chi connectivity index (χ4n) is 2.55. The number of carbonyl (C=O) groups is 2. The SMILES string of the molecule is CCc1ccc(NC(=O)C(=O)c2c[nH]c3ccc(OC)cc23)cc1. The second-order valence-electron chi connectivity index (χ2n) is 5.45. The number of nitrogens with one attached hydrogen (secondary N) is 2. The van der Waals surface area contributed by atoms with E-state index in [9.17, 15) is 9.59 Å². The van der Waals surface area contributed by atoms with Crippen molar-refractivity contribution in [3.8, 4) is 5.75 Å². The summed E-state index contributed by atoms with van der Waals surface area (Å²) in [5.41, 5.74) is 2.87. The minimum atomic E-state index is -0.664. The highest BCUT2D eigenvalue weighted by Gasteiger charge is 2.20. The Morgan fingerprint density at radius 1 is 1.12 bits per heavy atom. The normalized spacial score (nSPS) is 10.6. The average Bonchev–Trinajstić information content (AvgIpc) is 3.04. The van der Waals surface area contributed by atoms with Gasteiger partial charge >= 0.3 is 0 Å². The molecule has 0 atom stereocenters. The fourth-order valence-corrected chi connectivity index (χ4v) is 2.55. The quantitative estimate of drug-likeness (QED) is 0.557. The average molecular weight is 322 g/mol. The van der Waals surface area contributed by atoms with Gasteiger partial charge in [0.1, 0.15) is 5.75 Å². The van der Waals surface area contributed by atoms with E-state index in [1.165, 1.54) is 5.56 Å². The minimum Gasteiger partial charge on any atom is -0.497 e. The summed E-state index contributed by atoms with van der Waals surface area (Å²) in [4.78, 5) is 27.7. The smallest absolute Gasteiger partial charge is 0.296 e. The van der Waals surface area contributed by atoms with Crippen LogP contribution in [0.3, 0.4) is 0 Å². The first kappa shape index (κ1) is 15.8. The second kappa shape index (κ2) is 6.58. The molecule has 0 saturated carbocycles. The van der Waals surface area contributed by atoms with Crippen molar-refractivity contribution in [2.75, 3.05) is 12.4 Å². The van der Waals surface area contributed by atoms with Gasteiger partial charge in [0, 0.05) is 22.8 Å². The van der Waals surface area contributed by atoms with Gasteiger partial charge in [-0.15, -0.1) is 0 Å². The Labute approximate surface area is 139 Å². The zero-order valence-electron chi connectivity index (χ0n) is 13.6. The highest BCUT2D eigenvalue weighted by molar-refractivity contribution is 6.48. The van der Waals surface area contributed by atoms with Crippen molar-refractivity contribution >= 4 is 28.3 Å². The van der Waals surface area contributed by atoms with Crippen LogP contribution in [0.1, 0.15) is 22.8 Å². The number of fused-ring (bicyclic) bond motifs is 1. The second-order valence-corrected chi connectivity index (χ2v) is 5.45. The van der Waals surface area contributed by atoms with Gasteiger partial charge in [0.15, 0.2) is 0 Å². The Morgan fingerprint density at radius 2 is 1.88 bits per heavy atom. The van der Waals surface area contributed by atoms with Crippen molar-refractivity contribution in [1.82, 2.24) is 4.98 Å². The van der Waals surface area contributed by atoms with E-state index in [4.69, 9.17) is 4.74 Å². The van der Waals surface area contributed by atoms with Crippen LogP contribution in [0, 0.1) is 0 Å². The third-order valence-corrected chi connectivity index (χ3v) is 3.96. The van der Waals surface area contributed by atoms with Crippen molar-refractivity contribution in [3.05, 3.63) is 59.8 Å². The number of methoxy groups -OCH3 is 1. The molecule has 0 radical (unpaired) electrons. The van der Waals surface area contributed by atoms with Crippen molar-refractivity contribution in [2.24, 2.45) is 0 Å². The van der Waals surface area contributed by atoms with Crippen LogP contribution in [0.15, 0.2) is 48.7 Å². The fraction of sp³-hybridized carbons (Fsp3) is 0.158. The predicted octanol–water partition coefficient (Wildman–Crippen LogP) is 3.56. The van der Waals surface area contributed by atoms with Gasteiger partial charge in [0.05, 0.1) is 12.7 Å². The third kappa shape index (κ3) is 3.01. The number of Topliss-reactive ketones (excluding diaryl/α,β-unsaturated/α-hetero) is 1. The first-order valence-corrected chi connectivity index (χ1v) is 7.72. The summed E-state index contributed by atoms with van der Waals surface area (Å²) in [5, 5.41) is 3.30. The van der Waals surface area contributed by atoms with Gasteiger partial charge < -0.3 is 15.0 Å². The van der Waals surface area contributed by atoms with Gasteiger partial charge in [-0.1, -0.05) is 19.1 Å². The molecule has 3 rings (SSSR count). The topological polar surface area (TPSA) is 71.2 Å². The number of H-pyrrole nitrogens is 1. The number of aromatic nitrogens is 1. The Hall–Kier alpha value is -3.08. The summed E-state index contributed by atoms with van der Waals surface area (Å²) in [6.45, 7) is 2.06. The van der Waals surface area contributed by atoms with Gasteiger partial charge in [-0.3, -0.25) is 9.59 Å². The van der Waals surface area contributed by atoms with Crippen LogP contribution in [-0.4, -0.2) is 23.8 Å². The molecule has 1 amide bonds. The Kier molecular flexibility index (Phi) is 4.33. The van der Waals surface area contributed by atoms with E-state index in [1.807, 2.05) is 18.2 Å². The lowest BCUT2D eigenvalue weighted by Crippen LogP contribution is -2.22. The molecule has 122 valence electrons. The Morgan fingerprint density at radius 3 is 2.54 bits per heavy atom. The summed E-state index contributed by atoms with van der Waals surface area (Å²) < 4.78 is 5.18. The van der Waals surface area contributed by atoms with Crippen molar-refractivity contribution < 1.29 is 14.3 Å². The number of aryl methyl sites for hydroxylation is 1. The van der Waals surface area contributed by atoms with Gasteiger partial charge in [-0.25, -0.2) is 0 Å². The summed E-state index contributed by atoms with van der Waals surface area (Å²) >= 11 is 0. The van der Waals surface area contributed by atoms with Crippen LogP contribution in [0.25, 0.3) is 10.9 Å². The zero-order chi connectivity index (χ0) is 17.1. The number of hydrogen-bond donors (Lipinski definition) is 2. The highest BCUT2D eigenvalue weighted by atomic mass is 16.5. The molecule has 5 nitrogen and oxygen atoms in total. The summed E-state index contributed by atoms with van der Waals surface area (Å²) in [6, 6.07) is 12.8. The van der Waals surface area contributed by atoms with Gasteiger partial charge in [0.2, 0.25) is 0 Å². The molecular formula is C19H18N2O3. The molecule has 0 aliphatic rings. The number of hydrogen-bond acceptors (Lipinski definition) is 3. The molecule has 0 aliphatic carbocycles. The maximum atomic E-state index is 12.5. The highest BCUT2D eigenvalue weighted by Crippen LogP contribution is 2.24. The van der Waals surface area contributed by atoms with Crippen LogP contribution in [0.4, 0.5) is 5.69 Å². The van der Waals surface area contributed by atoms with E-state index in [2.05, 4.69) is 17.2 Å². The maximum absolute atomic E-state index is 12.5. The summed E-state index contributed by atoms with van der Waals surface area (Å²) in [7, 11) is 1.56. The van der Waals surface area contributed by atoms with E-state index in [0.717, 1.165) is 11.9 Å². The number of amides is 1. The van der Waals surface area contributed by atoms with Crippen molar-refractivity contribution in [2.45, 2.75) is 13.3 Å². The molecule has 2 aromatic carbocycles. The summed E-state index contributed by atoms with van der Waals surface area (Å²) in [6.07, 6.45) is 2.47. The van der Waals surface area contributed by atoms with E-state index in [-0.39, 0.29) is 0 Å². The lowest BCUT2D eigenvalue weighted by atomic mass is 10.1. The number of carbonyl (C=O) groups excluding carboxylic acids is 2. The monoisotopic (exact) mass is 322 g/mol. The largest absolute Gasteiger partial charge is 0.497 e. The molecule has 0 spiro atoms. The van der Waals surface area contributed by atoms with E-state index >= 15 is 0 Å². The number of ether oxygens (including phenoxy) is 1. The van der Waals surface area contributed by atoms with Crippen molar-refractivity contribution in [3.63, 3.8) is 0 Å². The number of aromatic amines is 1. The molecule has 0 aliphatic heterocycles. The molecule has 5 heteroatoms. The van der Waals surface area contributed by atoms with Gasteiger partial charge in [-0.05, 0) is 42.3 Å². The first-order chi connectivity index (χ1) is 11.6. The number of ketones is 1. The van der Waals surface area contributed by atoms with Crippen LogP contribution in [0.2, 0.25) is 0 Å². The minimum absolute atomic E-state index is 0.326. The molecule has 2 N–H and O–H groups in total. The third-order valence-electron chi connectivity index (χ3n) is 3.96. The number of rotatable bonds is 5. The Bertz CT molecular complexity index is 895. The molecule has 0 bridgehead atoms. The van der Waals surface area contributed by atoms with Gasteiger partial charge in [-0.2, -0.15) is 0 Å². The zero-order valence-corrected chi connectivity index (χ0v) is 13.6. The maximum Gasteiger partial charge on any atom is 0.296 e. The number of benzene rings is 2. The molecule has 0 unspecified atom stereocenters. The lowest BCUT2D eigenvalue weighted by Gasteiger charge is -2.05. The molecular weight excluding hydrogens is 304 g/mol. The Balaban J connectivity index is 1.83. The molecule has 0 fully saturated rings. The molecule has 1 heterocycles. The summed E-state index contributed by atoms with van der Waals surface area (Å²) in [5.74, 6) is -0.622. The molecule has 3 aromatic rings. The predicted molar refractivity (Wildman–Crippen MR) is 93.6 cm³/mol. The van der Waals surface area contributed by atoms with Crippen LogP contribution in [-0.2, 0) is 11.2 Å². The van der Waals surface area contributed by atoms with Crippen LogP contribution >= 0.6 is 0 Å². The standard InChI is InChI=1S/C19H18N2O3/c1-3-12-4-6-13(7-5-12)21-19(23)18(22)16-11-20-17-9-8-14(24-2)10-15(16)17/h4-11,20H,3H2,1-2H3,(H,21,23).